The van der Waals surface area contributed by atoms with E-state index in [1.807, 2.05) is 92.7 Å². The van der Waals surface area contributed by atoms with Gasteiger partial charge < -0.3 is 9.30 Å². The van der Waals surface area contributed by atoms with E-state index < -0.39 is 0 Å². The van der Waals surface area contributed by atoms with E-state index in [-0.39, 0.29) is 24.3 Å². The summed E-state index contributed by atoms with van der Waals surface area (Å²) in [6.45, 7) is 4.94. The van der Waals surface area contributed by atoms with Crippen molar-refractivity contribution in [2.45, 2.75) is 20.4 Å². The van der Waals surface area contributed by atoms with Crippen molar-refractivity contribution in [1.82, 2.24) is 9.47 Å². The highest BCUT2D eigenvalue weighted by atomic mass is 32.2. The van der Waals surface area contributed by atoms with Crippen molar-refractivity contribution in [2.75, 3.05) is 13.2 Å². The first-order valence-corrected chi connectivity index (χ1v) is 12.8. The van der Waals surface area contributed by atoms with Crippen molar-refractivity contribution >= 4 is 39.9 Å². The molecule has 2 heterocycles. The van der Waals surface area contributed by atoms with Gasteiger partial charge >= 0.3 is 0 Å². The fourth-order valence-electron chi connectivity index (χ4n) is 4.49. The maximum absolute atomic E-state index is 13.2. The number of para-hydroxylation sites is 1. The number of carbonyl (C=O) groups is 2. The molecule has 0 aliphatic carbocycles. The molecule has 5 rings (SSSR count). The number of hydrogen-bond donors (Lipinski definition) is 0. The Labute approximate surface area is 219 Å². The molecule has 1 aromatic heterocycles. The fraction of sp³-hybridized carbons (Fsp3) is 0.167. The summed E-state index contributed by atoms with van der Waals surface area (Å²) in [4.78, 5) is 27.5. The lowest BCUT2D eigenvalue weighted by molar-refractivity contribution is -0.123. The van der Waals surface area contributed by atoms with Gasteiger partial charge in [-0.05, 0) is 61.5 Å². The van der Waals surface area contributed by atoms with E-state index in [0.717, 1.165) is 45.0 Å². The van der Waals surface area contributed by atoms with E-state index in [9.17, 15) is 14.9 Å². The smallest absolute Gasteiger partial charge is 0.293 e. The van der Waals surface area contributed by atoms with Crippen molar-refractivity contribution < 1.29 is 14.3 Å². The minimum Gasteiger partial charge on any atom is -0.492 e. The number of imide groups is 1. The van der Waals surface area contributed by atoms with E-state index in [4.69, 9.17) is 4.74 Å². The Balaban J connectivity index is 1.40. The van der Waals surface area contributed by atoms with E-state index in [0.29, 0.717) is 22.8 Å². The van der Waals surface area contributed by atoms with Crippen LogP contribution in [0, 0.1) is 25.2 Å². The molecule has 0 N–H and O–H groups in total. The zero-order valence-corrected chi connectivity index (χ0v) is 21.4. The highest BCUT2D eigenvalue weighted by molar-refractivity contribution is 8.18. The predicted octanol–water partition coefficient (Wildman–Crippen LogP) is 6.29. The van der Waals surface area contributed by atoms with Crippen LogP contribution >= 0.6 is 11.8 Å². The first kappa shape index (κ1) is 24.4. The summed E-state index contributed by atoms with van der Waals surface area (Å²) in [5, 5.41) is 10.2. The molecule has 0 radical (unpaired) electrons. The molecule has 1 aliphatic rings. The second-order valence-electron chi connectivity index (χ2n) is 8.87. The lowest BCUT2D eigenvalue weighted by atomic mass is 10.1. The summed E-state index contributed by atoms with van der Waals surface area (Å²) in [5.74, 6) is 0.392. The molecule has 2 amide bonds. The number of nitrogens with zero attached hydrogens (tertiary/aromatic N) is 3. The van der Waals surface area contributed by atoms with Gasteiger partial charge in [-0.3, -0.25) is 14.5 Å². The number of fused-ring (bicyclic) bond motifs is 1. The number of thioether (sulfide) groups is 1. The molecular weight excluding hydrogens is 482 g/mol. The summed E-state index contributed by atoms with van der Waals surface area (Å²) in [6.07, 6.45) is 1.82. The number of carbonyl (C=O) groups excluding carboxylic acids is 2. The molecule has 1 saturated heterocycles. The monoisotopic (exact) mass is 507 g/mol. The molecule has 37 heavy (non-hydrogen) atoms. The molecule has 184 valence electrons. The molecule has 0 unspecified atom stereocenters. The Hall–Kier alpha value is -4.28. The first-order chi connectivity index (χ1) is 18.0. The predicted molar refractivity (Wildman–Crippen MR) is 146 cm³/mol. The van der Waals surface area contributed by atoms with Gasteiger partial charge in [0.2, 0.25) is 0 Å². The maximum atomic E-state index is 13.2. The van der Waals surface area contributed by atoms with Gasteiger partial charge in [-0.1, -0.05) is 54.1 Å². The average molecular weight is 508 g/mol. The van der Waals surface area contributed by atoms with Crippen LogP contribution in [-0.4, -0.2) is 33.8 Å². The maximum Gasteiger partial charge on any atom is 0.293 e. The van der Waals surface area contributed by atoms with Gasteiger partial charge in [0.05, 0.1) is 23.1 Å². The molecule has 1 aliphatic heterocycles. The Bertz CT molecular complexity index is 1580. The van der Waals surface area contributed by atoms with Crippen LogP contribution in [0.5, 0.6) is 5.75 Å². The summed E-state index contributed by atoms with van der Waals surface area (Å²) in [7, 11) is 0. The van der Waals surface area contributed by atoms with Crippen molar-refractivity contribution in [1.29, 1.82) is 5.26 Å². The van der Waals surface area contributed by atoms with Gasteiger partial charge in [0, 0.05) is 28.7 Å². The van der Waals surface area contributed by atoms with Crippen LogP contribution in [0.4, 0.5) is 4.79 Å². The third-order valence-corrected chi connectivity index (χ3v) is 7.41. The third-order valence-electron chi connectivity index (χ3n) is 6.50. The number of hydrogen-bond acceptors (Lipinski definition) is 5. The normalized spacial score (nSPS) is 14.5. The first-order valence-electron chi connectivity index (χ1n) is 12.0. The average Bonchev–Trinajstić information content (AvgIpc) is 3.33. The summed E-state index contributed by atoms with van der Waals surface area (Å²) >= 11 is 0.952. The molecule has 6 nitrogen and oxygen atoms in total. The number of ether oxygens (including phenoxy) is 1. The zero-order chi connectivity index (χ0) is 25.9. The summed E-state index contributed by atoms with van der Waals surface area (Å²) in [6, 6.07) is 25.5. The van der Waals surface area contributed by atoms with Crippen LogP contribution in [0.25, 0.3) is 17.0 Å². The molecule has 4 aromatic rings. The van der Waals surface area contributed by atoms with E-state index in [2.05, 4.69) is 10.6 Å². The molecule has 0 spiro atoms. The topological polar surface area (TPSA) is 75.3 Å². The van der Waals surface area contributed by atoms with Gasteiger partial charge in [0.25, 0.3) is 11.1 Å². The summed E-state index contributed by atoms with van der Waals surface area (Å²) < 4.78 is 7.88. The van der Waals surface area contributed by atoms with Gasteiger partial charge in [-0.25, -0.2) is 0 Å². The number of benzene rings is 3. The number of aromatic nitrogens is 1. The Morgan fingerprint density at radius 2 is 1.70 bits per heavy atom. The molecule has 0 bridgehead atoms. The Kier molecular flexibility index (Phi) is 6.85. The van der Waals surface area contributed by atoms with Gasteiger partial charge in [0.15, 0.2) is 0 Å². The third kappa shape index (κ3) is 4.89. The summed E-state index contributed by atoms with van der Waals surface area (Å²) in [5.41, 5.74) is 5.55. The van der Waals surface area contributed by atoms with Crippen LogP contribution in [0.15, 0.2) is 77.7 Å². The number of nitriles is 1. The second-order valence-corrected chi connectivity index (χ2v) is 9.86. The molecular formula is C30H25N3O3S. The highest BCUT2D eigenvalue weighted by Crippen LogP contribution is 2.36. The van der Waals surface area contributed by atoms with Gasteiger partial charge in [0.1, 0.15) is 12.4 Å². The molecule has 0 atom stereocenters. The standard InChI is InChI=1S/C30H25N3O3S/c1-20-11-13-24(14-12-20)36-16-15-32-29(34)28(37-30(32)35)17-26-21(2)33(27-10-6-5-9-25(26)27)19-23-8-4-3-7-22(23)18-31/h3-14,17H,15-16,19H2,1-2H3/b28-17-. The molecule has 0 saturated carbocycles. The van der Waals surface area contributed by atoms with E-state index >= 15 is 0 Å². The van der Waals surface area contributed by atoms with Crippen molar-refractivity contribution in [3.05, 3.63) is 106 Å². The minimum absolute atomic E-state index is 0.182. The Morgan fingerprint density at radius 3 is 2.49 bits per heavy atom. The van der Waals surface area contributed by atoms with Crippen LogP contribution in [-0.2, 0) is 11.3 Å². The van der Waals surface area contributed by atoms with Crippen LogP contribution in [0.3, 0.4) is 0 Å². The largest absolute Gasteiger partial charge is 0.492 e. The van der Waals surface area contributed by atoms with Crippen LogP contribution in [0.2, 0.25) is 0 Å². The number of rotatable bonds is 7. The molecule has 1 fully saturated rings. The quantitative estimate of drug-likeness (QED) is 0.275. The van der Waals surface area contributed by atoms with Gasteiger partial charge in [-0.2, -0.15) is 5.26 Å². The van der Waals surface area contributed by atoms with Crippen LogP contribution in [0.1, 0.15) is 27.9 Å². The van der Waals surface area contributed by atoms with E-state index in [1.54, 1.807) is 0 Å². The van der Waals surface area contributed by atoms with Crippen LogP contribution < -0.4 is 4.74 Å². The van der Waals surface area contributed by atoms with Crippen molar-refractivity contribution in [3.63, 3.8) is 0 Å². The zero-order valence-electron chi connectivity index (χ0n) is 20.6. The SMILES string of the molecule is Cc1ccc(OCCN2C(=O)S/C(=C\c3c(C)n(Cc4ccccc4C#N)c4ccccc34)C2=O)cc1. The number of amides is 2. The molecule has 7 heteroatoms. The second kappa shape index (κ2) is 10.4. The van der Waals surface area contributed by atoms with Crippen molar-refractivity contribution in [3.8, 4) is 11.8 Å². The van der Waals surface area contributed by atoms with Gasteiger partial charge in [-0.15, -0.1) is 0 Å². The lowest BCUT2D eigenvalue weighted by Crippen LogP contribution is -2.32. The Morgan fingerprint density at radius 1 is 0.973 bits per heavy atom. The lowest BCUT2D eigenvalue weighted by Gasteiger charge is -2.13. The number of aryl methyl sites for hydroxylation is 1. The van der Waals surface area contributed by atoms with Crippen molar-refractivity contribution in [2.24, 2.45) is 0 Å². The van der Waals surface area contributed by atoms with E-state index in [1.165, 1.54) is 4.90 Å². The molecule has 3 aromatic carbocycles. The minimum atomic E-state index is -0.312. The highest BCUT2D eigenvalue weighted by Gasteiger charge is 2.35. The fourth-order valence-corrected chi connectivity index (χ4v) is 5.34.